The lowest BCUT2D eigenvalue weighted by atomic mass is 10.1. The Hall–Kier alpha value is -0.420. The van der Waals surface area contributed by atoms with Crippen molar-refractivity contribution in [2.45, 2.75) is 43.9 Å². The van der Waals surface area contributed by atoms with Gasteiger partial charge in [0.25, 0.3) is 0 Å². The van der Waals surface area contributed by atoms with Crippen LogP contribution in [0, 0.1) is 5.92 Å². The number of rotatable bonds is 7. The monoisotopic (exact) mass is 246 g/mol. The van der Waals surface area contributed by atoms with Crippen LogP contribution in [0.25, 0.3) is 0 Å². The summed E-state index contributed by atoms with van der Waals surface area (Å²) < 4.78 is 11.1. The van der Waals surface area contributed by atoms with Crippen molar-refractivity contribution in [3.63, 3.8) is 0 Å². The molecule has 1 amide bonds. The van der Waals surface area contributed by atoms with Crippen molar-refractivity contribution in [1.82, 2.24) is 5.32 Å². The Kier molecular flexibility index (Phi) is 5.41. The van der Waals surface area contributed by atoms with E-state index in [1.807, 2.05) is 6.92 Å². The first-order valence-electron chi connectivity index (χ1n) is 5.85. The van der Waals surface area contributed by atoms with E-state index in [-0.39, 0.29) is 17.2 Å². The third-order valence-electron chi connectivity index (χ3n) is 3.09. The average molecular weight is 246 g/mol. The largest absolute Gasteiger partial charge is 0.356 e. The number of nitrogens with two attached hydrogens (primary N) is 1. The second-order valence-corrected chi connectivity index (χ2v) is 6.46. The van der Waals surface area contributed by atoms with E-state index in [2.05, 4.69) is 5.32 Å². The zero-order valence-electron chi connectivity index (χ0n) is 10.1. The van der Waals surface area contributed by atoms with E-state index in [0.29, 0.717) is 18.9 Å². The Bertz CT molecular complexity index is 267. The Balaban J connectivity index is 2.07. The molecular weight excluding hydrogens is 224 g/mol. The molecule has 0 aromatic carbocycles. The highest BCUT2D eigenvalue weighted by Gasteiger charge is 2.29. The highest BCUT2D eigenvalue weighted by Crippen LogP contribution is 2.32. The zero-order chi connectivity index (χ0) is 12.1. The van der Waals surface area contributed by atoms with Gasteiger partial charge >= 0.3 is 0 Å². The van der Waals surface area contributed by atoms with Crippen LogP contribution in [0.3, 0.4) is 0 Å². The van der Waals surface area contributed by atoms with Gasteiger partial charge in [0.15, 0.2) is 0 Å². The standard InChI is InChI=1S/C11H22N2O2S/c1-8(16(2)15)5-6-13-11(14)7-10(12)9-3-4-9/h8-10H,3-7,12H2,1-2H3,(H,13,14). The third kappa shape index (κ3) is 5.07. The van der Waals surface area contributed by atoms with Gasteiger partial charge in [-0.05, 0) is 25.2 Å². The molecule has 0 radical (unpaired) electrons. The van der Waals surface area contributed by atoms with Gasteiger partial charge in [-0.15, -0.1) is 0 Å². The van der Waals surface area contributed by atoms with Gasteiger partial charge in [-0.2, -0.15) is 0 Å². The lowest BCUT2D eigenvalue weighted by Gasteiger charge is -2.12. The van der Waals surface area contributed by atoms with Crippen LogP contribution in [0.2, 0.25) is 0 Å². The van der Waals surface area contributed by atoms with Gasteiger partial charge in [0.1, 0.15) is 0 Å². The summed E-state index contributed by atoms with van der Waals surface area (Å²) in [4.78, 5) is 11.5. The molecule has 0 spiro atoms. The Morgan fingerprint density at radius 2 is 2.19 bits per heavy atom. The molecule has 0 aromatic rings. The second kappa shape index (κ2) is 6.35. The van der Waals surface area contributed by atoms with Crippen molar-refractivity contribution in [3.8, 4) is 0 Å². The summed E-state index contributed by atoms with van der Waals surface area (Å²) in [5, 5.41) is 2.97. The van der Waals surface area contributed by atoms with Gasteiger partial charge < -0.3 is 11.1 Å². The summed E-state index contributed by atoms with van der Waals surface area (Å²) in [5.41, 5.74) is 5.85. The zero-order valence-corrected chi connectivity index (χ0v) is 10.9. The van der Waals surface area contributed by atoms with Crippen molar-refractivity contribution >= 4 is 16.7 Å². The first kappa shape index (κ1) is 13.6. The van der Waals surface area contributed by atoms with Crippen LogP contribution in [0.5, 0.6) is 0 Å². The van der Waals surface area contributed by atoms with Crippen LogP contribution in [0.15, 0.2) is 0 Å². The summed E-state index contributed by atoms with van der Waals surface area (Å²) in [6.07, 6.45) is 5.21. The number of nitrogens with one attached hydrogen (secondary N) is 1. The molecule has 0 heterocycles. The van der Waals surface area contributed by atoms with Gasteiger partial charge in [-0.25, -0.2) is 0 Å². The number of hydrogen-bond donors (Lipinski definition) is 2. The predicted octanol–water partition coefficient (Wildman–Crippen LogP) is 0.387. The molecule has 16 heavy (non-hydrogen) atoms. The molecule has 1 saturated carbocycles. The maximum Gasteiger partial charge on any atom is 0.221 e. The van der Waals surface area contributed by atoms with E-state index >= 15 is 0 Å². The number of amides is 1. The van der Waals surface area contributed by atoms with Crippen LogP contribution in [0.1, 0.15) is 32.6 Å². The Labute approximate surface area is 99.8 Å². The molecule has 5 heteroatoms. The van der Waals surface area contributed by atoms with Gasteiger partial charge in [0.2, 0.25) is 5.91 Å². The SMILES string of the molecule is CC(CCNC(=O)CC(N)C1CC1)S(C)=O. The van der Waals surface area contributed by atoms with E-state index < -0.39 is 10.8 Å². The highest BCUT2D eigenvalue weighted by atomic mass is 32.2. The molecule has 0 saturated heterocycles. The maximum absolute atomic E-state index is 11.5. The number of hydrogen-bond acceptors (Lipinski definition) is 3. The molecule has 94 valence electrons. The summed E-state index contributed by atoms with van der Waals surface area (Å²) >= 11 is 0. The van der Waals surface area contributed by atoms with Crippen LogP contribution >= 0.6 is 0 Å². The fraction of sp³-hybridized carbons (Fsp3) is 0.909. The van der Waals surface area contributed by atoms with Crippen LogP contribution in [-0.2, 0) is 15.6 Å². The lowest BCUT2D eigenvalue weighted by Crippen LogP contribution is -2.34. The van der Waals surface area contributed by atoms with Crippen LogP contribution < -0.4 is 11.1 Å². The van der Waals surface area contributed by atoms with E-state index in [0.717, 1.165) is 6.42 Å². The minimum atomic E-state index is -0.809. The molecule has 3 atom stereocenters. The first-order chi connectivity index (χ1) is 7.50. The second-order valence-electron chi connectivity index (χ2n) is 4.65. The molecule has 1 rings (SSSR count). The van der Waals surface area contributed by atoms with Gasteiger partial charge in [-0.1, -0.05) is 6.92 Å². The molecule has 4 nitrogen and oxygen atoms in total. The fourth-order valence-corrected chi connectivity index (χ4v) is 2.01. The van der Waals surface area contributed by atoms with Crippen molar-refractivity contribution in [3.05, 3.63) is 0 Å². The molecule has 1 aliphatic rings. The van der Waals surface area contributed by atoms with Gasteiger partial charge in [0, 0.05) is 41.3 Å². The fourth-order valence-electron chi connectivity index (χ4n) is 1.56. The third-order valence-corrected chi connectivity index (χ3v) is 4.46. The molecule has 3 N–H and O–H groups in total. The maximum atomic E-state index is 11.5. The molecule has 0 bridgehead atoms. The summed E-state index contributed by atoms with van der Waals surface area (Å²) in [6, 6.07) is 0.0257. The summed E-state index contributed by atoms with van der Waals surface area (Å²) in [5.74, 6) is 0.585. The molecule has 0 aromatic heterocycles. The Morgan fingerprint density at radius 3 is 2.69 bits per heavy atom. The van der Waals surface area contributed by atoms with Crippen LogP contribution in [-0.4, -0.2) is 34.2 Å². The predicted molar refractivity (Wildman–Crippen MR) is 66.5 cm³/mol. The van der Waals surface area contributed by atoms with Crippen LogP contribution in [0.4, 0.5) is 0 Å². The average Bonchev–Trinajstić information content (AvgIpc) is 3.00. The summed E-state index contributed by atoms with van der Waals surface area (Å²) in [7, 11) is -0.809. The minimum Gasteiger partial charge on any atom is -0.356 e. The Morgan fingerprint density at radius 1 is 1.56 bits per heavy atom. The first-order valence-corrected chi connectivity index (χ1v) is 7.47. The topological polar surface area (TPSA) is 72.2 Å². The van der Waals surface area contributed by atoms with E-state index in [9.17, 15) is 9.00 Å². The number of carbonyl (C=O) groups is 1. The van der Waals surface area contributed by atoms with Gasteiger partial charge in [-0.3, -0.25) is 9.00 Å². The quantitative estimate of drug-likeness (QED) is 0.682. The minimum absolute atomic E-state index is 0.0217. The van der Waals surface area contributed by atoms with E-state index in [4.69, 9.17) is 5.73 Å². The molecule has 1 aliphatic carbocycles. The highest BCUT2D eigenvalue weighted by molar-refractivity contribution is 7.84. The lowest BCUT2D eigenvalue weighted by molar-refractivity contribution is -0.121. The molecule has 1 fully saturated rings. The van der Waals surface area contributed by atoms with E-state index in [1.165, 1.54) is 12.8 Å². The summed E-state index contributed by atoms with van der Waals surface area (Å²) in [6.45, 7) is 2.52. The van der Waals surface area contributed by atoms with Crippen molar-refractivity contribution in [2.24, 2.45) is 11.7 Å². The molecule has 3 unspecified atom stereocenters. The van der Waals surface area contributed by atoms with Crippen molar-refractivity contribution in [2.75, 3.05) is 12.8 Å². The van der Waals surface area contributed by atoms with Crippen molar-refractivity contribution < 1.29 is 9.00 Å². The normalized spacial score (nSPS) is 21.2. The van der Waals surface area contributed by atoms with Crippen molar-refractivity contribution in [1.29, 1.82) is 0 Å². The molecular formula is C11H22N2O2S. The smallest absolute Gasteiger partial charge is 0.221 e. The van der Waals surface area contributed by atoms with Gasteiger partial charge in [0.05, 0.1) is 0 Å². The number of carbonyl (C=O) groups excluding carboxylic acids is 1. The van der Waals surface area contributed by atoms with E-state index in [1.54, 1.807) is 6.26 Å². The molecule has 0 aliphatic heterocycles.